The van der Waals surface area contributed by atoms with Gasteiger partial charge in [-0.3, -0.25) is 4.79 Å². The molecule has 0 heterocycles. The molecular formula is C16H17NO. The van der Waals surface area contributed by atoms with Gasteiger partial charge in [-0.2, -0.15) is 0 Å². The van der Waals surface area contributed by atoms with Gasteiger partial charge in [-0.05, 0) is 49.7 Å². The topological polar surface area (TPSA) is 20.3 Å². The van der Waals surface area contributed by atoms with Crippen LogP contribution < -0.4 is 4.90 Å². The number of carbonyl (C=O) groups is 1. The Hall–Kier alpha value is -2.09. The molecule has 0 aliphatic carbocycles. The minimum absolute atomic E-state index is 0.716. The van der Waals surface area contributed by atoms with Crippen LogP contribution in [-0.4, -0.2) is 13.3 Å². The summed E-state index contributed by atoms with van der Waals surface area (Å²) in [7, 11) is 2.04. The predicted octanol–water partition coefficient (Wildman–Crippen LogP) is 3.88. The lowest BCUT2D eigenvalue weighted by molar-refractivity contribution is 0.112. The fourth-order valence-electron chi connectivity index (χ4n) is 2.04. The van der Waals surface area contributed by atoms with Crippen molar-refractivity contribution in [3.05, 3.63) is 59.2 Å². The lowest BCUT2D eigenvalue weighted by Gasteiger charge is -2.22. The van der Waals surface area contributed by atoms with E-state index in [0.717, 1.165) is 23.2 Å². The van der Waals surface area contributed by atoms with E-state index in [1.807, 2.05) is 32.2 Å². The summed E-state index contributed by atoms with van der Waals surface area (Å²) in [6.45, 7) is 4.10. The van der Waals surface area contributed by atoms with Crippen molar-refractivity contribution in [1.82, 2.24) is 0 Å². The first-order valence-electron chi connectivity index (χ1n) is 5.98. The van der Waals surface area contributed by atoms with Crippen LogP contribution in [0.4, 0.5) is 11.4 Å². The zero-order valence-corrected chi connectivity index (χ0v) is 11.0. The molecule has 0 aliphatic rings. The summed E-state index contributed by atoms with van der Waals surface area (Å²) in [5, 5.41) is 0. The molecule has 92 valence electrons. The second kappa shape index (κ2) is 5.05. The van der Waals surface area contributed by atoms with Crippen molar-refractivity contribution in [2.75, 3.05) is 11.9 Å². The summed E-state index contributed by atoms with van der Waals surface area (Å²) in [5.41, 5.74) is 5.32. The van der Waals surface area contributed by atoms with Crippen LogP contribution in [0, 0.1) is 13.8 Å². The van der Waals surface area contributed by atoms with Gasteiger partial charge in [0.05, 0.1) is 0 Å². The number of hydrogen-bond donors (Lipinski definition) is 0. The minimum atomic E-state index is 0.716. The van der Waals surface area contributed by atoms with Crippen LogP contribution in [0.5, 0.6) is 0 Å². The summed E-state index contributed by atoms with van der Waals surface area (Å²) in [4.78, 5) is 12.9. The van der Waals surface area contributed by atoms with E-state index >= 15 is 0 Å². The van der Waals surface area contributed by atoms with Crippen molar-refractivity contribution in [3.63, 3.8) is 0 Å². The van der Waals surface area contributed by atoms with Crippen molar-refractivity contribution in [3.8, 4) is 0 Å². The molecule has 2 rings (SSSR count). The van der Waals surface area contributed by atoms with Crippen LogP contribution in [0.15, 0.2) is 42.5 Å². The maximum atomic E-state index is 10.7. The lowest BCUT2D eigenvalue weighted by Crippen LogP contribution is -2.10. The highest BCUT2D eigenvalue weighted by Crippen LogP contribution is 2.27. The Bertz CT molecular complexity index is 558. The monoisotopic (exact) mass is 239 g/mol. The minimum Gasteiger partial charge on any atom is -0.344 e. The number of anilines is 2. The summed E-state index contributed by atoms with van der Waals surface area (Å²) in [6.07, 6.45) is 0.878. The van der Waals surface area contributed by atoms with Gasteiger partial charge in [0.1, 0.15) is 6.29 Å². The fourth-order valence-corrected chi connectivity index (χ4v) is 2.04. The zero-order chi connectivity index (χ0) is 13.1. The molecule has 0 bridgehead atoms. The van der Waals surface area contributed by atoms with Gasteiger partial charge in [-0.1, -0.05) is 17.7 Å². The van der Waals surface area contributed by atoms with E-state index in [2.05, 4.69) is 36.1 Å². The predicted molar refractivity (Wildman–Crippen MR) is 75.8 cm³/mol. The third-order valence-electron chi connectivity index (χ3n) is 3.14. The van der Waals surface area contributed by atoms with Crippen molar-refractivity contribution in [2.24, 2.45) is 0 Å². The second-order valence-corrected chi connectivity index (χ2v) is 4.56. The van der Waals surface area contributed by atoms with Gasteiger partial charge < -0.3 is 4.90 Å². The number of hydrogen-bond acceptors (Lipinski definition) is 2. The van der Waals surface area contributed by atoms with E-state index in [-0.39, 0.29) is 0 Å². The molecular weight excluding hydrogens is 222 g/mol. The molecule has 0 unspecified atom stereocenters. The molecule has 0 aliphatic heterocycles. The highest BCUT2D eigenvalue weighted by Gasteiger charge is 2.07. The Morgan fingerprint density at radius 2 is 1.67 bits per heavy atom. The van der Waals surface area contributed by atoms with Crippen LogP contribution in [0.2, 0.25) is 0 Å². The number of carbonyl (C=O) groups excluding carboxylic acids is 1. The van der Waals surface area contributed by atoms with Crippen LogP contribution in [-0.2, 0) is 0 Å². The fraction of sp³-hybridized carbons (Fsp3) is 0.188. The molecule has 2 aromatic carbocycles. The number of benzene rings is 2. The van der Waals surface area contributed by atoms with Crippen molar-refractivity contribution < 1.29 is 4.79 Å². The molecule has 0 radical (unpaired) electrons. The molecule has 0 fully saturated rings. The smallest absolute Gasteiger partial charge is 0.150 e. The Balaban J connectivity index is 2.36. The average Bonchev–Trinajstić information content (AvgIpc) is 2.38. The Labute approximate surface area is 108 Å². The molecule has 0 N–H and O–H groups in total. The molecule has 2 nitrogen and oxygen atoms in total. The van der Waals surface area contributed by atoms with E-state index < -0.39 is 0 Å². The average molecular weight is 239 g/mol. The van der Waals surface area contributed by atoms with Gasteiger partial charge in [0.25, 0.3) is 0 Å². The Morgan fingerprint density at radius 1 is 1.00 bits per heavy atom. The maximum Gasteiger partial charge on any atom is 0.150 e. The second-order valence-electron chi connectivity index (χ2n) is 4.56. The lowest BCUT2D eigenvalue weighted by atomic mass is 10.1. The van der Waals surface area contributed by atoms with E-state index in [0.29, 0.717) is 5.56 Å². The Kier molecular flexibility index (Phi) is 3.47. The summed E-state index contributed by atoms with van der Waals surface area (Å²) in [5.74, 6) is 0. The Morgan fingerprint density at radius 3 is 2.22 bits per heavy atom. The molecule has 0 amide bonds. The van der Waals surface area contributed by atoms with E-state index in [4.69, 9.17) is 0 Å². The molecule has 2 heteroatoms. The molecule has 18 heavy (non-hydrogen) atoms. The third kappa shape index (κ3) is 2.43. The number of nitrogens with zero attached hydrogens (tertiary/aromatic N) is 1. The molecule has 0 spiro atoms. The molecule has 0 saturated heterocycles. The maximum absolute atomic E-state index is 10.7. The quantitative estimate of drug-likeness (QED) is 0.757. The number of rotatable bonds is 3. The van der Waals surface area contributed by atoms with E-state index in [9.17, 15) is 4.79 Å². The number of aldehydes is 1. The largest absolute Gasteiger partial charge is 0.344 e. The van der Waals surface area contributed by atoms with Gasteiger partial charge in [0, 0.05) is 24.0 Å². The van der Waals surface area contributed by atoms with Crippen LogP contribution in [0.1, 0.15) is 21.5 Å². The van der Waals surface area contributed by atoms with Crippen molar-refractivity contribution in [2.45, 2.75) is 13.8 Å². The standard InChI is InChI=1S/C16H17NO/c1-12-4-7-15(8-5-12)17(3)16-9-6-14(11-18)10-13(16)2/h4-11H,1-3H3. The molecule has 0 saturated carbocycles. The first-order valence-corrected chi connectivity index (χ1v) is 5.98. The summed E-state index contributed by atoms with van der Waals surface area (Å²) in [6, 6.07) is 14.1. The first-order chi connectivity index (χ1) is 8.61. The molecule has 0 atom stereocenters. The van der Waals surface area contributed by atoms with Gasteiger partial charge in [-0.15, -0.1) is 0 Å². The normalized spacial score (nSPS) is 10.2. The highest BCUT2D eigenvalue weighted by atomic mass is 16.1. The van der Waals surface area contributed by atoms with E-state index in [1.54, 1.807) is 0 Å². The van der Waals surface area contributed by atoms with Crippen LogP contribution in [0.3, 0.4) is 0 Å². The summed E-state index contributed by atoms with van der Waals surface area (Å²) >= 11 is 0. The van der Waals surface area contributed by atoms with Crippen molar-refractivity contribution >= 4 is 17.7 Å². The van der Waals surface area contributed by atoms with E-state index in [1.165, 1.54) is 5.56 Å². The molecule has 0 aromatic heterocycles. The highest BCUT2D eigenvalue weighted by molar-refractivity contribution is 5.78. The van der Waals surface area contributed by atoms with Gasteiger partial charge in [0.15, 0.2) is 0 Å². The SMILES string of the molecule is Cc1ccc(N(C)c2ccc(C=O)cc2C)cc1. The van der Waals surface area contributed by atoms with Crippen LogP contribution >= 0.6 is 0 Å². The molecule has 2 aromatic rings. The zero-order valence-electron chi connectivity index (χ0n) is 11.0. The first kappa shape index (κ1) is 12.4. The van der Waals surface area contributed by atoms with Gasteiger partial charge in [0.2, 0.25) is 0 Å². The third-order valence-corrected chi connectivity index (χ3v) is 3.14. The number of aryl methyl sites for hydroxylation is 2. The summed E-state index contributed by atoms with van der Waals surface area (Å²) < 4.78 is 0. The van der Waals surface area contributed by atoms with Crippen LogP contribution in [0.25, 0.3) is 0 Å². The van der Waals surface area contributed by atoms with Gasteiger partial charge >= 0.3 is 0 Å². The van der Waals surface area contributed by atoms with Gasteiger partial charge in [-0.25, -0.2) is 0 Å². The van der Waals surface area contributed by atoms with Crippen molar-refractivity contribution in [1.29, 1.82) is 0 Å².